The summed E-state index contributed by atoms with van der Waals surface area (Å²) >= 11 is 0. The summed E-state index contributed by atoms with van der Waals surface area (Å²) in [5.74, 6) is 0.993. The number of nitrogen functional groups attached to an aromatic ring is 1. The summed E-state index contributed by atoms with van der Waals surface area (Å²) in [4.78, 5) is 16.3. The first-order valence-electron chi connectivity index (χ1n) is 7.40. The van der Waals surface area contributed by atoms with E-state index in [0.29, 0.717) is 6.42 Å². The Morgan fingerprint density at radius 1 is 1.30 bits per heavy atom. The summed E-state index contributed by atoms with van der Waals surface area (Å²) in [6.07, 6.45) is 3.08. The molecule has 0 radical (unpaired) electrons. The van der Waals surface area contributed by atoms with Gasteiger partial charge in [0.05, 0.1) is 0 Å². The predicted molar refractivity (Wildman–Crippen MR) is 83.7 cm³/mol. The molecule has 2 N–H and O–H groups in total. The number of nitrogens with zero attached hydrogens (tertiary/aromatic N) is 2. The normalized spacial score (nSPS) is 17.1. The number of rotatable bonds is 4. The smallest absolute Gasteiger partial charge is 0.228 e. The Morgan fingerprint density at radius 3 is 2.50 bits per heavy atom. The molecule has 4 heteroatoms. The fourth-order valence-electron chi connectivity index (χ4n) is 2.55. The monoisotopic (exact) mass is 275 g/mol. The second-order valence-electron chi connectivity index (χ2n) is 5.82. The quantitative estimate of drug-likeness (QED) is 0.858. The van der Waals surface area contributed by atoms with Gasteiger partial charge in [-0.25, -0.2) is 0 Å². The molecule has 1 amide bonds. The molecule has 0 aromatic heterocycles. The lowest BCUT2D eigenvalue weighted by atomic mass is 9.99. The highest BCUT2D eigenvalue weighted by molar-refractivity contribution is 5.93. The molecule has 0 spiro atoms. The zero-order valence-corrected chi connectivity index (χ0v) is 12.5. The molecule has 1 aliphatic heterocycles. The number of hydrogen-bond acceptors (Lipinski definition) is 3. The summed E-state index contributed by atoms with van der Waals surface area (Å²) in [5.41, 5.74) is 7.28. The number of nitrogens with two attached hydrogens (primary N) is 1. The van der Waals surface area contributed by atoms with E-state index in [1.54, 1.807) is 4.90 Å². The largest absolute Gasteiger partial charge is 0.399 e. The van der Waals surface area contributed by atoms with Crippen molar-refractivity contribution >= 4 is 17.3 Å². The maximum Gasteiger partial charge on any atom is 0.228 e. The van der Waals surface area contributed by atoms with E-state index in [1.165, 1.54) is 12.8 Å². The Kier molecular flexibility index (Phi) is 5.01. The third kappa shape index (κ3) is 3.97. The zero-order chi connectivity index (χ0) is 14.5. The van der Waals surface area contributed by atoms with Gasteiger partial charge < -0.3 is 15.5 Å². The number of carbonyl (C=O) groups excluding carboxylic acids is 1. The lowest BCUT2D eigenvalue weighted by Crippen LogP contribution is -2.36. The van der Waals surface area contributed by atoms with E-state index >= 15 is 0 Å². The standard InChI is InChI=1S/C16H25N3O/c1-13-7-10-19(11-8-13)12-9-16(20)18(2)15-5-3-14(17)4-6-15/h3-6,13H,7-12,17H2,1-2H3. The summed E-state index contributed by atoms with van der Waals surface area (Å²) in [5, 5.41) is 0. The molecule has 0 saturated carbocycles. The Bertz CT molecular complexity index is 436. The van der Waals surface area contributed by atoms with Gasteiger partial charge in [0.1, 0.15) is 0 Å². The lowest BCUT2D eigenvalue weighted by Gasteiger charge is -2.30. The third-order valence-electron chi connectivity index (χ3n) is 4.17. The van der Waals surface area contributed by atoms with Crippen LogP contribution in [0.3, 0.4) is 0 Å². The van der Waals surface area contributed by atoms with Crippen LogP contribution in [0.25, 0.3) is 0 Å². The van der Waals surface area contributed by atoms with Crippen molar-refractivity contribution in [3.05, 3.63) is 24.3 Å². The van der Waals surface area contributed by atoms with Crippen molar-refractivity contribution in [1.82, 2.24) is 4.90 Å². The minimum Gasteiger partial charge on any atom is -0.399 e. The van der Waals surface area contributed by atoms with Gasteiger partial charge in [-0.1, -0.05) is 6.92 Å². The molecule has 4 nitrogen and oxygen atoms in total. The number of benzene rings is 1. The van der Waals surface area contributed by atoms with Crippen LogP contribution in [-0.2, 0) is 4.79 Å². The van der Waals surface area contributed by atoms with Crippen LogP contribution in [0.2, 0.25) is 0 Å². The van der Waals surface area contributed by atoms with Crippen molar-refractivity contribution in [3.8, 4) is 0 Å². The molecule has 110 valence electrons. The van der Waals surface area contributed by atoms with Crippen molar-refractivity contribution in [2.45, 2.75) is 26.2 Å². The van der Waals surface area contributed by atoms with Crippen LogP contribution in [-0.4, -0.2) is 37.5 Å². The van der Waals surface area contributed by atoms with Crippen molar-refractivity contribution in [2.75, 3.05) is 37.3 Å². The molecule has 1 aromatic rings. The number of anilines is 2. The molecule has 1 aliphatic rings. The summed E-state index contributed by atoms with van der Waals surface area (Å²) in [6, 6.07) is 7.42. The van der Waals surface area contributed by atoms with Crippen LogP contribution >= 0.6 is 0 Å². The van der Waals surface area contributed by atoms with Gasteiger partial charge in [0.25, 0.3) is 0 Å². The summed E-state index contributed by atoms with van der Waals surface area (Å²) < 4.78 is 0. The molecule has 1 heterocycles. The minimum atomic E-state index is 0.161. The van der Waals surface area contributed by atoms with E-state index in [2.05, 4.69) is 11.8 Å². The molecule has 2 rings (SSSR count). The van der Waals surface area contributed by atoms with Crippen molar-refractivity contribution in [1.29, 1.82) is 0 Å². The number of amides is 1. The Morgan fingerprint density at radius 2 is 1.90 bits per heavy atom. The topological polar surface area (TPSA) is 49.6 Å². The highest BCUT2D eigenvalue weighted by Crippen LogP contribution is 2.18. The highest BCUT2D eigenvalue weighted by atomic mass is 16.2. The van der Waals surface area contributed by atoms with Gasteiger partial charge in [-0.05, 0) is 56.1 Å². The van der Waals surface area contributed by atoms with Crippen LogP contribution in [0, 0.1) is 5.92 Å². The predicted octanol–water partition coefficient (Wildman–Crippen LogP) is 2.35. The molecule has 1 saturated heterocycles. The highest BCUT2D eigenvalue weighted by Gasteiger charge is 2.17. The van der Waals surface area contributed by atoms with E-state index < -0.39 is 0 Å². The second kappa shape index (κ2) is 6.75. The van der Waals surface area contributed by atoms with Gasteiger partial charge in [0.2, 0.25) is 5.91 Å². The fraction of sp³-hybridized carbons (Fsp3) is 0.562. The molecule has 1 aromatic carbocycles. The van der Waals surface area contributed by atoms with E-state index in [4.69, 9.17) is 5.73 Å². The Labute approximate surface area is 121 Å². The molecule has 0 atom stereocenters. The van der Waals surface area contributed by atoms with E-state index in [0.717, 1.165) is 36.9 Å². The second-order valence-corrected chi connectivity index (χ2v) is 5.82. The van der Waals surface area contributed by atoms with Gasteiger partial charge >= 0.3 is 0 Å². The Hall–Kier alpha value is -1.55. The number of likely N-dealkylation sites (tertiary alicyclic amines) is 1. The molecule has 1 fully saturated rings. The van der Waals surface area contributed by atoms with Gasteiger partial charge in [-0.15, -0.1) is 0 Å². The average Bonchev–Trinajstić information content (AvgIpc) is 2.46. The zero-order valence-electron chi connectivity index (χ0n) is 12.5. The fourth-order valence-corrected chi connectivity index (χ4v) is 2.55. The van der Waals surface area contributed by atoms with Gasteiger partial charge in [0.15, 0.2) is 0 Å². The third-order valence-corrected chi connectivity index (χ3v) is 4.17. The summed E-state index contributed by atoms with van der Waals surface area (Å²) in [6.45, 7) is 5.42. The van der Waals surface area contributed by atoms with Gasteiger partial charge in [-0.3, -0.25) is 4.79 Å². The first kappa shape index (κ1) is 14.9. The lowest BCUT2D eigenvalue weighted by molar-refractivity contribution is -0.118. The van der Waals surface area contributed by atoms with Gasteiger partial charge in [0, 0.05) is 31.4 Å². The van der Waals surface area contributed by atoms with E-state index in [1.807, 2.05) is 31.3 Å². The molecule has 0 aliphatic carbocycles. The van der Waals surface area contributed by atoms with Crippen LogP contribution in [0.4, 0.5) is 11.4 Å². The SMILES string of the molecule is CC1CCN(CCC(=O)N(C)c2ccc(N)cc2)CC1. The summed E-state index contributed by atoms with van der Waals surface area (Å²) in [7, 11) is 1.83. The van der Waals surface area contributed by atoms with Crippen LogP contribution in [0.5, 0.6) is 0 Å². The molecular weight excluding hydrogens is 250 g/mol. The van der Waals surface area contributed by atoms with Crippen molar-refractivity contribution in [2.24, 2.45) is 5.92 Å². The average molecular weight is 275 g/mol. The number of piperidine rings is 1. The van der Waals surface area contributed by atoms with Crippen molar-refractivity contribution in [3.63, 3.8) is 0 Å². The van der Waals surface area contributed by atoms with Crippen LogP contribution < -0.4 is 10.6 Å². The first-order chi connectivity index (χ1) is 9.56. The first-order valence-corrected chi connectivity index (χ1v) is 7.40. The van der Waals surface area contributed by atoms with Crippen molar-refractivity contribution < 1.29 is 4.79 Å². The molecular formula is C16H25N3O. The van der Waals surface area contributed by atoms with E-state index in [-0.39, 0.29) is 5.91 Å². The minimum absolute atomic E-state index is 0.161. The van der Waals surface area contributed by atoms with Crippen LogP contribution in [0.1, 0.15) is 26.2 Å². The maximum absolute atomic E-state index is 12.2. The van der Waals surface area contributed by atoms with Gasteiger partial charge in [-0.2, -0.15) is 0 Å². The molecule has 0 unspecified atom stereocenters. The maximum atomic E-state index is 12.2. The van der Waals surface area contributed by atoms with E-state index in [9.17, 15) is 4.79 Å². The number of hydrogen-bond donors (Lipinski definition) is 1. The molecule has 0 bridgehead atoms. The Balaban J connectivity index is 1.80. The molecule has 20 heavy (non-hydrogen) atoms. The number of carbonyl (C=O) groups is 1. The van der Waals surface area contributed by atoms with Crippen LogP contribution in [0.15, 0.2) is 24.3 Å².